The van der Waals surface area contributed by atoms with Crippen molar-refractivity contribution in [2.75, 3.05) is 6.26 Å². The van der Waals surface area contributed by atoms with E-state index in [1.807, 2.05) is 13.8 Å². The largest absolute Gasteiger partial charge is 0.267 e. The van der Waals surface area contributed by atoms with E-state index < -0.39 is 10.1 Å². The molecule has 0 aliphatic heterocycles. The zero-order valence-corrected chi connectivity index (χ0v) is 9.52. The second-order valence-corrected chi connectivity index (χ2v) is 5.07. The molecule has 13 heavy (non-hydrogen) atoms. The Morgan fingerprint density at radius 2 is 2.00 bits per heavy atom. The van der Waals surface area contributed by atoms with Gasteiger partial charge in [-0.3, -0.25) is 4.18 Å². The van der Waals surface area contributed by atoms with Crippen LogP contribution in [0.15, 0.2) is 11.6 Å². The number of hydrogen-bond donors (Lipinski definition) is 0. The predicted molar refractivity (Wildman–Crippen MR) is 54.1 cm³/mol. The minimum absolute atomic E-state index is 0.231. The van der Waals surface area contributed by atoms with Gasteiger partial charge >= 0.3 is 0 Å². The van der Waals surface area contributed by atoms with Crippen LogP contribution in [0.4, 0.5) is 0 Å². The molecule has 0 radical (unpaired) electrons. The summed E-state index contributed by atoms with van der Waals surface area (Å²) in [4.78, 5) is 0. The topological polar surface area (TPSA) is 43.4 Å². The van der Waals surface area contributed by atoms with Crippen LogP contribution < -0.4 is 0 Å². The van der Waals surface area contributed by atoms with E-state index in [4.69, 9.17) is 4.18 Å². The molecule has 0 aliphatic carbocycles. The van der Waals surface area contributed by atoms with E-state index in [0.29, 0.717) is 0 Å². The first-order chi connectivity index (χ1) is 5.81. The summed E-state index contributed by atoms with van der Waals surface area (Å²) in [6, 6.07) is 0. The number of hydrogen-bond acceptors (Lipinski definition) is 3. The van der Waals surface area contributed by atoms with E-state index in [-0.39, 0.29) is 6.10 Å². The molecule has 0 aromatic carbocycles. The van der Waals surface area contributed by atoms with E-state index in [1.165, 1.54) is 5.57 Å². The highest BCUT2D eigenvalue weighted by atomic mass is 32.2. The normalized spacial score (nSPS) is 13.8. The molecule has 0 amide bonds. The van der Waals surface area contributed by atoms with Crippen molar-refractivity contribution in [2.24, 2.45) is 0 Å². The summed E-state index contributed by atoms with van der Waals surface area (Å²) >= 11 is 0. The van der Waals surface area contributed by atoms with Crippen molar-refractivity contribution in [1.82, 2.24) is 0 Å². The summed E-state index contributed by atoms with van der Waals surface area (Å²) in [5.74, 6) is 0. The highest BCUT2D eigenvalue weighted by molar-refractivity contribution is 7.86. The van der Waals surface area contributed by atoms with Crippen LogP contribution in [-0.4, -0.2) is 20.8 Å². The lowest BCUT2D eigenvalue weighted by atomic mass is 10.2. The molecule has 0 saturated carbocycles. The minimum atomic E-state index is -3.29. The molecule has 0 aromatic rings. The maximum absolute atomic E-state index is 10.7. The van der Waals surface area contributed by atoms with Crippen molar-refractivity contribution in [3.8, 4) is 0 Å². The van der Waals surface area contributed by atoms with Crippen LogP contribution in [0.2, 0.25) is 0 Å². The fraction of sp³-hybridized carbons (Fsp3) is 0.778. The Kier molecular flexibility index (Phi) is 5.25. The second-order valence-electron chi connectivity index (χ2n) is 3.47. The van der Waals surface area contributed by atoms with Crippen LogP contribution >= 0.6 is 0 Å². The molecule has 78 valence electrons. The van der Waals surface area contributed by atoms with Gasteiger partial charge in [0.15, 0.2) is 0 Å². The van der Waals surface area contributed by atoms with Crippen LogP contribution in [0.3, 0.4) is 0 Å². The molecule has 1 atom stereocenters. The highest BCUT2D eigenvalue weighted by Crippen LogP contribution is 2.06. The van der Waals surface area contributed by atoms with Crippen molar-refractivity contribution in [3.63, 3.8) is 0 Å². The summed E-state index contributed by atoms with van der Waals surface area (Å²) in [5.41, 5.74) is 1.24. The van der Waals surface area contributed by atoms with Gasteiger partial charge in [-0.05, 0) is 33.6 Å². The zero-order chi connectivity index (χ0) is 10.5. The number of rotatable bonds is 5. The summed E-state index contributed by atoms with van der Waals surface area (Å²) in [6.07, 6.45) is 4.51. The molecule has 0 spiro atoms. The van der Waals surface area contributed by atoms with Gasteiger partial charge in [-0.15, -0.1) is 0 Å². The van der Waals surface area contributed by atoms with Crippen LogP contribution in [-0.2, 0) is 14.3 Å². The SMILES string of the molecule is CC(C)=CCC[C@@H](C)OS(C)(=O)=O. The summed E-state index contributed by atoms with van der Waals surface area (Å²) in [5, 5.41) is 0. The van der Waals surface area contributed by atoms with E-state index in [0.717, 1.165) is 19.1 Å². The Hall–Kier alpha value is -0.350. The molecule has 0 heterocycles. The first-order valence-corrected chi connectivity index (χ1v) is 6.14. The monoisotopic (exact) mass is 206 g/mol. The van der Waals surface area contributed by atoms with Crippen LogP contribution in [0.25, 0.3) is 0 Å². The summed E-state index contributed by atoms with van der Waals surface area (Å²) in [7, 11) is -3.29. The lowest BCUT2D eigenvalue weighted by molar-refractivity contribution is 0.222. The molecule has 0 aliphatic rings. The lowest BCUT2D eigenvalue weighted by Crippen LogP contribution is -2.13. The molecule has 0 fully saturated rings. The van der Waals surface area contributed by atoms with Gasteiger partial charge in [-0.25, -0.2) is 0 Å². The molecule has 0 N–H and O–H groups in total. The molecular weight excluding hydrogens is 188 g/mol. The summed E-state index contributed by atoms with van der Waals surface area (Å²) < 4.78 is 26.2. The standard InChI is InChI=1S/C9H18O3S/c1-8(2)6-5-7-9(3)12-13(4,10)11/h6,9H,5,7H2,1-4H3/t9-/m1/s1. The molecule has 0 bridgehead atoms. The van der Waals surface area contributed by atoms with Gasteiger partial charge in [0.1, 0.15) is 0 Å². The third-order valence-electron chi connectivity index (χ3n) is 1.46. The fourth-order valence-corrected chi connectivity index (χ4v) is 1.65. The molecule has 0 aromatic heterocycles. The smallest absolute Gasteiger partial charge is 0.264 e. The van der Waals surface area contributed by atoms with E-state index in [1.54, 1.807) is 6.92 Å². The molecular formula is C9H18O3S. The molecule has 0 rings (SSSR count). The molecule has 0 unspecified atom stereocenters. The third kappa shape index (κ3) is 9.56. The lowest BCUT2D eigenvalue weighted by Gasteiger charge is -2.08. The van der Waals surface area contributed by atoms with Crippen molar-refractivity contribution >= 4 is 10.1 Å². The molecule has 4 heteroatoms. The molecule has 3 nitrogen and oxygen atoms in total. The van der Waals surface area contributed by atoms with Crippen LogP contribution in [0.1, 0.15) is 33.6 Å². The second kappa shape index (κ2) is 5.40. The minimum Gasteiger partial charge on any atom is -0.267 e. The Morgan fingerprint density at radius 1 is 1.46 bits per heavy atom. The van der Waals surface area contributed by atoms with Gasteiger partial charge in [0.25, 0.3) is 10.1 Å². The van der Waals surface area contributed by atoms with Crippen LogP contribution in [0, 0.1) is 0 Å². The Bertz CT molecular complexity index is 261. The van der Waals surface area contributed by atoms with Gasteiger partial charge in [0.05, 0.1) is 12.4 Å². The van der Waals surface area contributed by atoms with E-state index in [9.17, 15) is 8.42 Å². The van der Waals surface area contributed by atoms with Crippen molar-refractivity contribution < 1.29 is 12.6 Å². The Labute approximate surface area is 80.9 Å². The Balaban J connectivity index is 3.77. The van der Waals surface area contributed by atoms with Gasteiger partial charge < -0.3 is 0 Å². The molecule has 0 saturated heterocycles. The fourth-order valence-electron chi connectivity index (χ4n) is 0.953. The maximum Gasteiger partial charge on any atom is 0.264 e. The number of allylic oxidation sites excluding steroid dienone is 2. The third-order valence-corrected chi connectivity index (χ3v) is 2.14. The van der Waals surface area contributed by atoms with Crippen molar-refractivity contribution in [3.05, 3.63) is 11.6 Å². The Morgan fingerprint density at radius 3 is 2.38 bits per heavy atom. The maximum atomic E-state index is 10.7. The van der Waals surface area contributed by atoms with Crippen molar-refractivity contribution in [1.29, 1.82) is 0 Å². The zero-order valence-electron chi connectivity index (χ0n) is 8.70. The van der Waals surface area contributed by atoms with Crippen molar-refractivity contribution in [2.45, 2.75) is 39.7 Å². The average molecular weight is 206 g/mol. The van der Waals surface area contributed by atoms with Gasteiger partial charge in [0.2, 0.25) is 0 Å². The van der Waals surface area contributed by atoms with E-state index in [2.05, 4.69) is 6.08 Å². The summed E-state index contributed by atoms with van der Waals surface area (Å²) in [6.45, 7) is 5.80. The van der Waals surface area contributed by atoms with E-state index >= 15 is 0 Å². The quantitative estimate of drug-likeness (QED) is 0.511. The van der Waals surface area contributed by atoms with Gasteiger partial charge in [-0.1, -0.05) is 11.6 Å². The van der Waals surface area contributed by atoms with Crippen LogP contribution in [0.5, 0.6) is 0 Å². The highest BCUT2D eigenvalue weighted by Gasteiger charge is 2.08. The predicted octanol–water partition coefficient (Wildman–Crippen LogP) is 2.10. The average Bonchev–Trinajstić information content (AvgIpc) is 1.81. The first-order valence-electron chi connectivity index (χ1n) is 4.33. The van der Waals surface area contributed by atoms with Gasteiger partial charge in [-0.2, -0.15) is 8.42 Å². The van der Waals surface area contributed by atoms with Gasteiger partial charge in [0, 0.05) is 0 Å². The first kappa shape index (κ1) is 12.7.